The number of hydrogen-bond acceptors (Lipinski definition) is 7. The second-order valence-corrected chi connectivity index (χ2v) is 10.4. The van der Waals surface area contributed by atoms with E-state index in [1.54, 1.807) is 31.4 Å². The fourth-order valence-corrected chi connectivity index (χ4v) is 5.37. The van der Waals surface area contributed by atoms with Crippen molar-refractivity contribution in [2.75, 3.05) is 40.0 Å². The van der Waals surface area contributed by atoms with E-state index in [9.17, 15) is 14.7 Å². The number of rotatable bonds is 15. The van der Waals surface area contributed by atoms with Crippen molar-refractivity contribution < 1.29 is 28.9 Å². The third-order valence-corrected chi connectivity index (χ3v) is 7.56. The third-order valence-electron chi connectivity index (χ3n) is 7.56. The Hall–Kier alpha value is -2.90. The first-order valence-electron chi connectivity index (χ1n) is 14.0. The van der Waals surface area contributed by atoms with Gasteiger partial charge < -0.3 is 24.2 Å². The molecule has 0 spiro atoms. The number of fused-ring (bicyclic) bond motifs is 1. The Labute approximate surface area is 226 Å². The van der Waals surface area contributed by atoms with Crippen LogP contribution >= 0.6 is 0 Å². The van der Waals surface area contributed by atoms with E-state index in [2.05, 4.69) is 4.90 Å². The van der Waals surface area contributed by atoms with E-state index in [0.29, 0.717) is 49.5 Å². The zero-order valence-electron chi connectivity index (χ0n) is 22.5. The smallest absolute Gasteiger partial charge is 0.162 e. The van der Waals surface area contributed by atoms with Crippen LogP contribution in [0.5, 0.6) is 17.2 Å². The molecule has 0 saturated carbocycles. The average Bonchev–Trinajstić information content (AvgIpc) is 3.47. The van der Waals surface area contributed by atoms with Crippen LogP contribution in [0.1, 0.15) is 79.8 Å². The number of methoxy groups -OCH3 is 1. The number of aliphatic hydroxyl groups is 1. The number of carbonyl (C=O) groups excluding carboxylic acids is 2. The summed E-state index contributed by atoms with van der Waals surface area (Å²) < 4.78 is 16.5. The molecule has 0 aromatic heterocycles. The molecule has 0 bridgehead atoms. The molecule has 38 heavy (non-hydrogen) atoms. The summed E-state index contributed by atoms with van der Waals surface area (Å²) in [7, 11) is 1.61. The zero-order chi connectivity index (χ0) is 26.7. The number of carbonyl (C=O) groups is 2. The SMILES string of the molecule is COc1ccc(C(=O)CCCCCCC(=O)C[C@H](CN2CCCC2)[C@H](O)c2ccc3c(c2)OCCO3)cc1. The number of Topliss-reactive ketones (excluding diaryl/α,β-unsaturated/α-hetero) is 2. The molecule has 2 aliphatic rings. The summed E-state index contributed by atoms with van der Waals surface area (Å²) in [4.78, 5) is 27.7. The highest BCUT2D eigenvalue weighted by molar-refractivity contribution is 5.96. The Morgan fingerprint density at radius 1 is 0.921 bits per heavy atom. The second kappa shape index (κ2) is 14.3. The van der Waals surface area contributed by atoms with Crippen LogP contribution in [0.15, 0.2) is 42.5 Å². The number of likely N-dealkylation sites (tertiary alicyclic amines) is 1. The van der Waals surface area contributed by atoms with Crippen LogP contribution in [0, 0.1) is 5.92 Å². The standard InChI is InChI=1S/C31H41NO6/c1-36-27-13-10-23(11-14-27)28(34)9-5-3-2-4-8-26(33)20-25(22-32-16-6-7-17-32)31(35)24-12-15-29-30(21-24)38-19-18-37-29/h10-15,21,25,31,35H,2-9,16-20,22H2,1H3/t25-,31-/m1/s1. The lowest BCUT2D eigenvalue weighted by molar-refractivity contribution is -0.121. The summed E-state index contributed by atoms with van der Waals surface area (Å²) in [6, 6.07) is 12.8. The normalized spacial score (nSPS) is 16.7. The number of hydrogen-bond donors (Lipinski definition) is 1. The molecule has 1 saturated heterocycles. The van der Waals surface area contributed by atoms with E-state index < -0.39 is 6.10 Å². The van der Waals surface area contributed by atoms with Crippen LogP contribution in [0.4, 0.5) is 0 Å². The Morgan fingerprint density at radius 3 is 2.32 bits per heavy atom. The van der Waals surface area contributed by atoms with E-state index in [0.717, 1.165) is 56.6 Å². The van der Waals surface area contributed by atoms with Gasteiger partial charge in [0, 0.05) is 37.3 Å². The molecular formula is C31H41NO6. The van der Waals surface area contributed by atoms with Crippen molar-refractivity contribution in [3.63, 3.8) is 0 Å². The lowest BCUT2D eigenvalue weighted by atomic mass is 9.89. The molecule has 1 N–H and O–H groups in total. The minimum atomic E-state index is -0.737. The van der Waals surface area contributed by atoms with Gasteiger partial charge in [-0.05, 0) is 80.7 Å². The maximum Gasteiger partial charge on any atom is 0.162 e. The van der Waals surface area contributed by atoms with Crippen LogP contribution < -0.4 is 14.2 Å². The Kier molecular flexibility index (Phi) is 10.6. The van der Waals surface area contributed by atoms with Crippen LogP contribution in [-0.2, 0) is 4.79 Å². The van der Waals surface area contributed by atoms with Gasteiger partial charge in [-0.2, -0.15) is 0 Å². The van der Waals surface area contributed by atoms with Crippen molar-refractivity contribution in [2.45, 2.75) is 63.9 Å². The quantitative estimate of drug-likeness (QED) is 0.247. The van der Waals surface area contributed by atoms with Crippen molar-refractivity contribution in [3.8, 4) is 17.2 Å². The predicted octanol–water partition coefficient (Wildman–Crippen LogP) is 5.39. The van der Waals surface area contributed by atoms with Gasteiger partial charge in [0.2, 0.25) is 0 Å². The molecular weight excluding hydrogens is 482 g/mol. The van der Waals surface area contributed by atoms with Gasteiger partial charge in [-0.1, -0.05) is 18.9 Å². The first-order chi connectivity index (χ1) is 18.5. The minimum Gasteiger partial charge on any atom is -0.497 e. The van der Waals surface area contributed by atoms with Gasteiger partial charge in [0.1, 0.15) is 24.7 Å². The fourth-order valence-electron chi connectivity index (χ4n) is 5.37. The van der Waals surface area contributed by atoms with Crippen molar-refractivity contribution in [1.29, 1.82) is 0 Å². The summed E-state index contributed by atoms with van der Waals surface area (Å²) in [6.45, 7) is 3.79. The topological polar surface area (TPSA) is 85.3 Å². The molecule has 206 valence electrons. The molecule has 0 radical (unpaired) electrons. The molecule has 0 unspecified atom stereocenters. The summed E-state index contributed by atoms with van der Waals surface area (Å²) in [5, 5.41) is 11.3. The van der Waals surface area contributed by atoms with E-state index in [-0.39, 0.29) is 17.5 Å². The fraction of sp³-hybridized carbons (Fsp3) is 0.548. The summed E-state index contributed by atoms with van der Waals surface area (Å²) in [5.74, 6) is 2.27. The second-order valence-electron chi connectivity index (χ2n) is 10.4. The highest BCUT2D eigenvalue weighted by Gasteiger charge is 2.28. The minimum absolute atomic E-state index is 0.140. The van der Waals surface area contributed by atoms with E-state index in [1.807, 2.05) is 18.2 Å². The molecule has 4 rings (SSSR count). The Morgan fingerprint density at radius 2 is 1.61 bits per heavy atom. The van der Waals surface area contributed by atoms with Crippen molar-refractivity contribution >= 4 is 11.6 Å². The lowest BCUT2D eigenvalue weighted by Gasteiger charge is -2.28. The van der Waals surface area contributed by atoms with Gasteiger partial charge in [0.05, 0.1) is 13.2 Å². The molecule has 0 aliphatic carbocycles. The van der Waals surface area contributed by atoms with Crippen LogP contribution in [0.2, 0.25) is 0 Å². The number of aliphatic hydroxyl groups excluding tert-OH is 1. The number of benzene rings is 2. The maximum atomic E-state index is 12.9. The largest absolute Gasteiger partial charge is 0.497 e. The molecule has 7 nitrogen and oxygen atoms in total. The van der Waals surface area contributed by atoms with Crippen LogP contribution in [-0.4, -0.2) is 61.5 Å². The Bertz CT molecular complexity index is 1050. The highest BCUT2D eigenvalue weighted by Crippen LogP contribution is 2.36. The molecule has 2 heterocycles. The summed E-state index contributed by atoms with van der Waals surface area (Å²) >= 11 is 0. The number of ketones is 2. The summed E-state index contributed by atoms with van der Waals surface area (Å²) in [6.07, 6.45) is 6.46. The lowest BCUT2D eigenvalue weighted by Crippen LogP contribution is -2.31. The molecule has 2 aromatic carbocycles. The first-order valence-corrected chi connectivity index (χ1v) is 14.0. The maximum absolute atomic E-state index is 12.9. The van der Waals surface area contributed by atoms with Crippen molar-refractivity contribution in [1.82, 2.24) is 4.90 Å². The van der Waals surface area contributed by atoms with Crippen LogP contribution in [0.3, 0.4) is 0 Å². The first kappa shape index (κ1) is 28.1. The predicted molar refractivity (Wildman–Crippen MR) is 146 cm³/mol. The Balaban J connectivity index is 1.22. The molecule has 1 fully saturated rings. The van der Waals surface area contributed by atoms with Gasteiger partial charge in [-0.25, -0.2) is 0 Å². The van der Waals surface area contributed by atoms with Gasteiger partial charge in [0.25, 0.3) is 0 Å². The van der Waals surface area contributed by atoms with E-state index in [1.165, 1.54) is 12.8 Å². The number of ether oxygens (including phenoxy) is 3. The highest BCUT2D eigenvalue weighted by atomic mass is 16.6. The van der Waals surface area contributed by atoms with Gasteiger partial charge in [-0.3, -0.25) is 9.59 Å². The number of unbranched alkanes of at least 4 members (excludes halogenated alkanes) is 3. The number of nitrogens with zero attached hydrogens (tertiary/aromatic N) is 1. The molecule has 0 amide bonds. The van der Waals surface area contributed by atoms with Gasteiger partial charge in [-0.15, -0.1) is 0 Å². The van der Waals surface area contributed by atoms with E-state index >= 15 is 0 Å². The van der Waals surface area contributed by atoms with Crippen molar-refractivity contribution in [2.24, 2.45) is 5.92 Å². The molecule has 2 aliphatic heterocycles. The molecule has 2 atom stereocenters. The van der Waals surface area contributed by atoms with Gasteiger partial charge >= 0.3 is 0 Å². The van der Waals surface area contributed by atoms with Crippen molar-refractivity contribution in [3.05, 3.63) is 53.6 Å². The van der Waals surface area contributed by atoms with E-state index in [4.69, 9.17) is 14.2 Å². The zero-order valence-corrected chi connectivity index (χ0v) is 22.5. The average molecular weight is 524 g/mol. The summed E-state index contributed by atoms with van der Waals surface area (Å²) in [5.41, 5.74) is 1.48. The molecule has 2 aromatic rings. The molecule has 7 heteroatoms. The van der Waals surface area contributed by atoms with Gasteiger partial charge in [0.15, 0.2) is 17.3 Å². The third kappa shape index (κ3) is 8.05. The monoisotopic (exact) mass is 523 g/mol. The van der Waals surface area contributed by atoms with Crippen LogP contribution in [0.25, 0.3) is 0 Å².